The Morgan fingerprint density at radius 3 is 2.93 bits per heavy atom. The molecule has 29 heavy (non-hydrogen) atoms. The van der Waals surface area contributed by atoms with Gasteiger partial charge in [0.15, 0.2) is 11.5 Å². The van der Waals surface area contributed by atoms with Gasteiger partial charge in [-0.3, -0.25) is 9.69 Å². The zero-order chi connectivity index (χ0) is 20.0. The average molecular weight is 399 g/mol. The third-order valence-corrected chi connectivity index (χ3v) is 8.92. The second kappa shape index (κ2) is 5.67. The van der Waals surface area contributed by atoms with Gasteiger partial charge in [0.2, 0.25) is 5.91 Å². The average Bonchev–Trinajstić information content (AvgIpc) is 3.38. The van der Waals surface area contributed by atoms with Crippen molar-refractivity contribution in [2.75, 3.05) is 31.7 Å². The number of benzene rings is 1. The molecule has 0 aromatic heterocycles. The molecule has 3 saturated heterocycles. The van der Waals surface area contributed by atoms with Crippen LogP contribution in [0.5, 0.6) is 11.5 Å². The fourth-order valence-electron chi connectivity index (χ4n) is 8.11. The van der Waals surface area contributed by atoms with Gasteiger partial charge in [0.1, 0.15) is 5.72 Å². The van der Waals surface area contributed by atoms with Crippen LogP contribution in [0, 0.1) is 5.41 Å². The number of fused-ring (bicyclic) bond motifs is 1. The van der Waals surface area contributed by atoms with Gasteiger partial charge in [-0.05, 0) is 50.2 Å². The van der Waals surface area contributed by atoms with Crippen molar-refractivity contribution in [2.24, 2.45) is 5.41 Å². The summed E-state index contributed by atoms with van der Waals surface area (Å²) in [6, 6.07) is 4.01. The fraction of sp³-hybridized carbons (Fsp3) is 0.696. The van der Waals surface area contributed by atoms with Gasteiger partial charge in [-0.25, -0.2) is 0 Å². The molecule has 4 aliphatic heterocycles. The lowest BCUT2D eigenvalue weighted by molar-refractivity contribution is -0.232. The Hall–Kier alpha value is -1.79. The van der Waals surface area contributed by atoms with E-state index in [2.05, 4.69) is 11.0 Å². The molecule has 6 rings (SSSR count). The zero-order valence-corrected chi connectivity index (χ0v) is 17.4. The first-order valence-corrected chi connectivity index (χ1v) is 11.2. The van der Waals surface area contributed by atoms with Crippen molar-refractivity contribution in [2.45, 2.75) is 69.1 Å². The normalized spacial score (nSPS) is 39.7. The van der Waals surface area contributed by atoms with Crippen LogP contribution in [0.15, 0.2) is 12.1 Å². The summed E-state index contributed by atoms with van der Waals surface area (Å²) in [5, 5.41) is 11.2. The summed E-state index contributed by atoms with van der Waals surface area (Å²) in [6.07, 6.45) is 7.01. The smallest absolute Gasteiger partial charge is 0.227 e. The Balaban J connectivity index is 1.66. The molecule has 1 N–H and O–H groups in total. The number of carbonyl (C=O) groups is 1. The van der Waals surface area contributed by atoms with Crippen LogP contribution in [-0.2, 0) is 14.9 Å². The van der Waals surface area contributed by atoms with Gasteiger partial charge in [0, 0.05) is 31.5 Å². The lowest BCUT2D eigenvalue weighted by Gasteiger charge is -2.62. The molecule has 0 radical (unpaired) electrons. The molecular weight excluding hydrogens is 368 g/mol. The summed E-state index contributed by atoms with van der Waals surface area (Å²) in [6.45, 7) is 4.77. The number of rotatable bonds is 2. The molecule has 4 unspecified atom stereocenters. The number of piperidine rings is 1. The highest BCUT2D eigenvalue weighted by Crippen LogP contribution is 2.74. The van der Waals surface area contributed by atoms with E-state index in [9.17, 15) is 9.90 Å². The van der Waals surface area contributed by atoms with E-state index in [0.29, 0.717) is 17.9 Å². The van der Waals surface area contributed by atoms with Crippen LogP contribution in [-0.4, -0.2) is 54.5 Å². The molecule has 1 aliphatic carbocycles. The van der Waals surface area contributed by atoms with Gasteiger partial charge in [-0.1, -0.05) is 13.0 Å². The maximum Gasteiger partial charge on any atom is 0.227 e. The summed E-state index contributed by atoms with van der Waals surface area (Å²) >= 11 is 0. The van der Waals surface area contributed by atoms with Crippen LogP contribution in [0.4, 0.5) is 5.69 Å². The van der Waals surface area contributed by atoms with E-state index in [1.807, 2.05) is 17.9 Å². The molecule has 0 bridgehead atoms. The maximum atomic E-state index is 13.2. The SMILES string of the molecule is CCC(=O)N1c2c(ccc(OC)c2O)C23CCN4CCCC5(CCOC452)CCC13. The third-order valence-electron chi connectivity index (χ3n) is 8.92. The maximum absolute atomic E-state index is 13.2. The predicted octanol–water partition coefficient (Wildman–Crippen LogP) is 3.16. The number of carbonyl (C=O) groups excluding carboxylic acids is 1. The number of anilines is 1. The van der Waals surface area contributed by atoms with E-state index in [1.54, 1.807) is 7.11 Å². The van der Waals surface area contributed by atoms with Crippen LogP contribution < -0.4 is 9.64 Å². The number of phenols is 1. The first-order chi connectivity index (χ1) is 14.1. The second-order valence-electron chi connectivity index (χ2n) is 9.52. The lowest BCUT2D eigenvalue weighted by Crippen LogP contribution is -2.73. The number of aromatic hydroxyl groups is 1. The molecule has 4 fully saturated rings. The predicted molar refractivity (Wildman–Crippen MR) is 108 cm³/mol. The molecule has 6 nitrogen and oxygen atoms in total. The summed E-state index contributed by atoms with van der Waals surface area (Å²) in [5.74, 6) is 0.611. The number of hydrogen-bond donors (Lipinski definition) is 1. The van der Waals surface area contributed by atoms with Gasteiger partial charge in [0.25, 0.3) is 0 Å². The third kappa shape index (κ3) is 1.73. The molecule has 156 valence electrons. The van der Waals surface area contributed by atoms with Crippen molar-refractivity contribution in [1.82, 2.24) is 4.90 Å². The highest BCUT2D eigenvalue weighted by Gasteiger charge is 2.80. The second-order valence-corrected chi connectivity index (χ2v) is 9.52. The molecule has 1 amide bonds. The van der Waals surface area contributed by atoms with E-state index < -0.39 is 0 Å². The van der Waals surface area contributed by atoms with E-state index in [1.165, 1.54) is 12.8 Å². The van der Waals surface area contributed by atoms with E-state index in [4.69, 9.17) is 9.47 Å². The fourth-order valence-corrected chi connectivity index (χ4v) is 8.11. The first-order valence-electron chi connectivity index (χ1n) is 11.2. The van der Waals surface area contributed by atoms with Gasteiger partial charge in [-0.15, -0.1) is 0 Å². The zero-order valence-electron chi connectivity index (χ0n) is 17.4. The van der Waals surface area contributed by atoms with Crippen LogP contribution >= 0.6 is 0 Å². The number of hydrogen-bond acceptors (Lipinski definition) is 5. The monoisotopic (exact) mass is 398 g/mol. The molecule has 1 aromatic rings. The summed E-state index contributed by atoms with van der Waals surface area (Å²) < 4.78 is 12.2. The minimum Gasteiger partial charge on any atom is -0.503 e. The Kier molecular flexibility index (Phi) is 3.52. The van der Waals surface area contributed by atoms with Crippen LogP contribution in [0.3, 0.4) is 0 Å². The lowest BCUT2D eigenvalue weighted by atomic mass is 9.50. The van der Waals surface area contributed by atoms with Crippen molar-refractivity contribution in [3.63, 3.8) is 0 Å². The number of phenolic OH excluding ortho intramolecular Hbond substituents is 1. The van der Waals surface area contributed by atoms with E-state index in [0.717, 1.165) is 50.9 Å². The molecule has 4 heterocycles. The minimum atomic E-state index is -0.348. The van der Waals surface area contributed by atoms with Crippen LogP contribution in [0.1, 0.15) is 57.4 Å². The van der Waals surface area contributed by atoms with Crippen molar-refractivity contribution < 1.29 is 19.4 Å². The molecule has 1 saturated carbocycles. The summed E-state index contributed by atoms with van der Waals surface area (Å²) in [5.41, 5.74) is 1.31. The molecule has 1 aromatic carbocycles. The van der Waals surface area contributed by atoms with Crippen molar-refractivity contribution in [3.8, 4) is 11.5 Å². The molecule has 6 heteroatoms. The topological polar surface area (TPSA) is 62.2 Å². The first kappa shape index (κ1) is 18.0. The van der Waals surface area contributed by atoms with Gasteiger partial charge in [-0.2, -0.15) is 0 Å². The highest BCUT2D eigenvalue weighted by molar-refractivity contribution is 6.00. The van der Waals surface area contributed by atoms with Gasteiger partial charge >= 0.3 is 0 Å². The largest absolute Gasteiger partial charge is 0.503 e. The summed E-state index contributed by atoms with van der Waals surface area (Å²) in [4.78, 5) is 17.7. The molecule has 2 spiro atoms. The Bertz CT molecular complexity index is 903. The Morgan fingerprint density at radius 1 is 1.28 bits per heavy atom. The molecule has 5 aliphatic rings. The number of nitrogens with zero attached hydrogens (tertiary/aromatic N) is 2. The van der Waals surface area contributed by atoms with Crippen LogP contribution in [0.2, 0.25) is 0 Å². The van der Waals surface area contributed by atoms with E-state index >= 15 is 0 Å². The Morgan fingerprint density at radius 2 is 2.14 bits per heavy atom. The number of ether oxygens (including phenoxy) is 2. The van der Waals surface area contributed by atoms with Crippen molar-refractivity contribution in [3.05, 3.63) is 17.7 Å². The quantitative estimate of drug-likeness (QED) is 0.829. The summed E-state index contributed by atoms with van der Waals surface area (Å²) in [7, 11) is 1.57. The van der Waals surface area contributed by atoms with Gasteiger partial charge < -0.3 is 19.5 Å². The standard InChI is InChI=1S/C23H30N2O4/c1-3-18(26)25-17-7-9-21-8-4-12-24-13-10-22(17,23(21,24)29-14-11-21)15-5-6-16(28-2)20(27)19(15)25/h5-6,17,27H,3-4,7-14H2,1-2H3. The van der Waals surface area contributed by atoms with E-state index in [-0.39, 0.29) is 34.3 Å². The van der Waals surface area contributed by atoms with Crippen molar-refractivity contribution in [1.29, 1.82) is 0 Å². The molecular formula is C23H30N2O4. The minimum absolute atomic E-state index is 0.0391. The van der Waals surface area contributed by atoms with Crippen LogP contribution in [0.25, 0.3) is 0 Å². The highest BCUT2D eigenvalue weighted by atomic mass is 16.5. The Labute approximate surface area is 171 Å². The van der Waals surface area contributed by atoms with Gasteiger partial charge in [0.05, 0.1) is 24.3 Å². The number of amides is 1. The molecule has 4 atom stereocenters. The van der Waals surface area contributed by atoms with Crippen molar-refractivity contribution >= 4 is 11.6 Å². The number of methoxy groups -OCH3 is 1.